The third kappa shape index (κ3) is 3.31. The van der Waals surface area contributed by atoms with Crippen LogP contribution in [0.5, 0.6) is 0 Å². The van der Waals surface area contributed by atoms with Gasteiger partial charge in [-0.3, -0.25) is 0 Å². The number of hydrogen-bond acceptors (Lipinski definition) is 3. The van der Waals surface area contributed by atoms with Crippen LogP contribution in [0.3, 0.4) is 0 Å². The van der Waals surface area contributed by atoms with E-state index in [9.17, 15) is 0 Å². The fraction of sp³-hybridized carbons (Fsp3) is 1.00. The number of nitrogens with one attached hydrogen (secondary N) is 1. The van der Waals surface area contributed by atoms with E-state index < -0.39 is 8.64 Å². The lowest BCUT2D eigenvalue weighted by Gasteiger charge is -2.23. The summed E-state index contributed by atoms with van der Waals surface area (Å²) in [5.41, 5.74) is 0. The molecule has 0 aromatic rings. The molecule has 0 rings (SSSR count). The minimum atomic E-state index is -1.97. The van der Waals surface area contributed by atoms with Crippen molar-refractivity contribution in [3.63, 3.8) is 0 Å². The van der Waals surface area contributed by atoms with E-state index in [0.29, 0.717) is 0 Å². The molecule has 0 spiro atoms. The first kappa shape index (κ1) is 10.1. The van der Waals surface area contributed by atoms with Crippen molar-refractivity contribution < 1.29 is 4.43 Å². The topological polar surface area (TPSA) is 47.3 Å². The van der Waals surface area contributed by atoms with Crippen LogP contribution < -0.4 is 10.4 Å². The van der Waals surface area contributed by atoms with Crippen molar-refractivity contribution in [3.8, 4) is 0 Å². The fourth-order valence-corrected chi connectivity index (χ4v) is 2.80. The Balaban J connectivity index is 3.69. The lowest BCUT2D eigenvalue weighted by Crippen LogP contribution is -2.61. The van der Waals surface area contributed by atoms with Crippen LogP contribution in [0, 0.1) is 0 Å². The molecule has 1 atom stereocenters. The standard InChI is InChI=1S/C6H18N2OSi/c1-4-6-10(7,9-3)8-5-2/h8H,4-7H2,1-3H3. The molecule has 0 saturated heterocycles. The number of rotatable bonds is 5. The minimum Gasteiger partial charge on any atom is -0.395 e. The second-order valence-corrected chi connectivity index (χ2v) is 5.41. The molecular formula is C6H18N2OSi. The minimum absolute atomic E-state index is 0.899. The summed E-state index contributed by atoms with van der Waals surface area (Å²) in [6.07, 6.45) is 1.09. The zero-order valence-corrected chi connectivity index (χ0v) is 8.11. The van der Waals surface area contributed by atoms with Crippen LogP contribution in [-0.2, 0) is 4.43 Å². The highest BCUT2D eigenvalue weighted by atomic mass is 28.4. The zero-order chi connectivity index (χ0) is 8.04. The third-order valence-electron chi connectivity index (χ3n) is 1.46. The first-order chi connectivity index (χ1) is 4.68. The molecule has 0 aliphatic rings. The largest absolute Gasteiger partial charge is 0.395 e. The first-order valence-corrected chi connectivity index (χ1v) is 5.97. The molecule has 0 amide bonds. The van der Waals surface area contributed by atoms with Crippen molar-refractivity contribution >= 4 is 8.64 Å². The van der Waals surface area contributed by atoms with E-state index in [1.165, 1.54) is 0 Å². The van der Waals surface area contributed by atoms with Gasteiger partial charge in [-0.1, -0.05) is 20.3 Å². The van der Waals surface area contributed by atoms with E-state index in [4.69, 9.17) is 9.83 Å². The van der Waals surface area contributed by atoms with Gasteiger partial charge in [0.2, 0.25) is 0 Å². The van der Waals surface area contributed by atoms with Crippen molar-refractivity contribution in [2.24, 2.45) is 5.40 Å². The van der Waals surface area contributed by atoms with E-state index in [1.54, 1.807) is 7.11 Å². The molecule has 1 unspecified atom stereocenters. The molecule has 0 fully saturated rings. The summed E-state index contributed by atoms with van der Waals surface area (Å²) >= 11 is 0. The smallest absolute Gasteiger partial charge is 0.348 e. The molecule has 0 saturated carbocycles. The predicted octanol–water partition coefficient (Wildman–Crippen LogP) is 0.550. The molecule has 3 nitrogen and oxygen atoms in total. The van der Waals surface area contributed by atoms with E-state index in [0.717, 1.165) is 19.0 Å². The lowest BCUT2D eigenvalue weighted by atomic mass is 10.6. The second kappa shape index (κ2) is 4.84. The Morgan fingerprint density at radius 3 is 2.40 bits per heavy atom. The van der Waals surface area contributed by atoms with Gasteiger partial charge in [0, 0.05) is 7.11 Å². The van der Waals surface area contributed by atoms with Gasteiger partial charge >= 0.3 is 8.64 Å². The van der Waals surface area contributed by atoms with Gasteiger partial charge < -0.3 is 14.8 Å². The van der Waals surface area contributed by atoms with Crippen LogP contribution in [0.4, 0.5) is 0 Å². The van der Waals surface area contributed by atoms with Crippen LogP contribution >= 0.6 is 0 Å². The number of nitrogens with two attached hydrogens (primary N) is 1. The van der Waals surface area contributed by atoms with Crippen LogP contribution in [0.1, 0.15) is 20.3 Å². The highest BCUT2D eigenvalue weighted by Crippen LogP contribution is 2.01. The van der Waals surface area contributed by atoms with Gasteiger partial charge in [0.1, 0.15) is 0 Å². The Morgan fingerprint density at radius 2 is 2.10 bits per heavy atom. The molecule has 0 radical (unpaired) electrons. The Hall–Kier alpha value is 0.0969. The van der Waals surface area contributed by atoms with Gasteiger partial charge in [0.25, 0.3) is 0 Å². The summed E-state index contributed by atoms with van der Waals surface area (Å²) < 4.78 is 5.22. The lowest BCUT2D eigenvalue weighted by molar-refractivity contribution is 0.377. The normalized spacial score (nSPS) is 16.8. The van der Waals surface area contributed by atoms with Crippen molar-refractivity contribution in [2.75, 3.05) is 13.7 Å². The third-order valence-corrected chi connectivity index (χ3v) is 4.38. The van der Waals surface area contributed by atoms with Crippen LogP contribution in [0.2, 0.25) is 6.04 Å². The Morgan fingerprint density at radius 1 is 1.50 bits per heavy atom. The molecule has 0 heterocycles. The van der Waals surface area contributed by atoms with Crippen LogP contribution in [-0.4, -0.2) is 22.3 Å². The highest BCUT2D eigenvalue weighted by molar-refractivity contribution is 6.67. The summed E-state index contributed by atoms with van der Waals surface area (Å²) in [6.45, 7) is 5.06. The van der Waals surface area contributed by atoms with Gasteiger partial charge in [0.05, 0.1) is 0 Å². The van der Waals surface area contributed by atoms with Crippen molar-refractivity contribution in [1.82, 2.24) is 4.98 Å². The van der Waals surface area contributed by atoms with E-state index in [2.05, 4.69) is 11.9 Å². The van der Waals surface area contributed by atoms with Crippen molar-refractivity contribution in [1.29, 1.82) is 0 Å². The van der Waals surface area contributed by atoms with Crippen LogP contribution in [0.15, 0.2) is 0 Å². The monoisotopic (exact) mass is 162 g/mol. The van der Waals surface area contributed by atoms with Crippen molar-refractivity contribution in [2.45, 2.75) is 26.3 Å². The number of hydrogen-bond donors (Lipinski definition) is 2. The Labute approximate surface area is 64.2 Å². The maximum Gasteiger partial charge on any atom is 0.348 e. The molecule has 62 valence electrons. The quantitative estimate of drug-likeness (QED) is 0.580. The summed E-state index contributed by atoms with van der Waals surface area (Å²) in [5.74, 6) is 0. The van der Waals surface area contributed by atoms with Gasteiger partial charge in [-0.2, -0.15) is 0 Å². The molecular weight excluding hydrogens is 144 g/mol. The summed E-state index contributed by atoms with van der Waals surface area (Å²) in [7, 11) is -0.288. The van der Waals surface area contributed by atoms with Crippen LogP contribution in [0.25, 0.3) is 0 Å². The molecule has 0 aromatic carbocycles. The average molecular weight is 162 g/mol. The fourth-order valence-electron chi connectivity index (χ4n) is 0.933. The van der Waals surface area contributed by atoms with Gasteiger partial charge in [-0.15, -0.1) is 0 Å². The zero-order valence-electron chi connectivity index (χ0n) is 7.11. The molecule has 0 bridgehead atoms. The van der Waals surface area contributed by atoms with E-state index in [1.807, 2.05) is 6.92 Å². The summed E-state index contributed by atoms with van der Waals surface area (Å²) in [4.78, 5) is 3.20. The predicted molar refractivity (Wildman–Crippen MR) is 45.7 cm³/mol. The summed E-state index contributed by atoms with van der Waals surface area (Å²) in [5, 5.41) is 5.92. The van der Waals surface area contributed by atoms with Gasteiger partial charge in [-0.25, -0.2) is 0 Å². The second-order valence-electron chi connectivity index (χ2n) is 2.37. The Kier molecular flexibility index (Phi) is 4.89. The summed E-state index contributed by atoms with van der Waals surface area (Å²) in [6, 6.07) is 0.983. The van der Waals surface area contributed by atoms with E-state index >= 15 is 0 Å². The van der Waals surface area contributed by atoms with Gasteiger partial charge in [0.15, 0.2) is 0 Å². The molecule has 0 aliphatic heterocycles. The average Bonchev–Trinajstić information content (AvgIpc) is 1.89. The van der Waals surface area contributed by atoms with E-state index in [-0.39, 0.29) is 0 Å². The maximum atomic E-state index is 5.92. The molecule has 3 N–H and O–H groups in total. The molecule has 0 aliphatic carbocycles. The maximum absolute atomic E-state index is 5.92. The SMILES string of the molecule is CCC[Si](N)(NCC)OC. The van der Waals surface area contributed by atoms with Crippen molar-refractivity contribution in [3.05, 3.63) is 0 Å². The highest BCUT2D eigenvalue weighted by Gasteiger charge is 2.26. The van der Waals surface area contributed by atoms with Gasteiger partial charge in [-0.05, 0) is 12.6 Å². The first-order valence-electron chi connectivity index (χ1n) is 3.77. The molecule has 4 heteroatoms. The molecule has 0 aromatic heterocycles. The molecule has 10 heavy (non-hydrogen) atoms. The Bertz CT molecular complexity index is 83.8.